The third-order valence-electron chi connectivity index (χ3n) is 4.20. The quantitative estimate of drug-likeness (QED) is 0.298. The van der Waals surface area contributed by atoms with Crippen LogP contribution in [0.5, 0.6) is 0 Å². The van der Waals surface area contributed by atoms with Gasteiger partial charge >= 0.3 is 0 Å². The van der Waals surface area contributed by atoms with Gasteiger partial charge < -0.3 is 0 Å². The van der Waals surface area contributed by atoms with Crippen molar-refractivity contribution in [2.75, 3.05) is 6.26 Å². The topological polar surface area (TPSA) is 0 Å². The van der Waals surface area contributed by atoms with Crippen molar-refractivity contribution in [1.29, 1.82) is 0 Å². The van der Waals surface area contributed by atoms with Gasteiger partial charge in [-0.1, -0.05) is 54.1 Å². The zero-order chi connectivity index (χ0) is 14.4. The molecule has 0 heterocycles. The second-order valence-corrected chi connectivity index (χ2v) is 6.42. The average molecular weight is 288 g/mol. The molecule has 102 valence electrons. The third-order valence-corrected chi connectivity index (χ3v) is 4.92. The predicted molar refractivity (Wildman–Crippen MR) is 95.5 cm³/mol. The highest BCUT2D eigenvalue weighted by atomic mass is 32.2. The Kier molecular flexibility index (Phi) is 2.90. The van der Waals surface area contributed by atoms with Gasteiger partial charge in [-0.25, -0.2) is 0 Å². The molecule has 0 aliphatic rings. The highest BCUT2D eigenvalue weighted by Gasteiger charge is 2.05. The fourth-order valence-electron chi connectivity index (χ4n) is 3.11. The number of benzene rings is 4. The van der Waals surface area contributed by atoms with Crippen molar-refractivity contribution in [3.8, 4) is 0 Å². The Morgan fingerprint density at radius 1 is 0.619 bits per heavy atom. The second kappa shape index (κ2) is 4.78. The first-order chi connectivity index (χ1) is 10.3. The van der Waals surface area contributed by atoms with Gasteiger partial charge in [0.2, 0.25) is 0 Å². The molecule has 0 bridgehead atoms. The van der Waals surface area contributed by atoms with Crippen LogP contribution in [0.2, 0.25) is 0 Å². The molecular formula is C20H16S. The van der Waals surface area contributed by atoms with Crippen LogP contribution in [0.3, 0.4) is 0 Å². The van der Waals surface area contributed by atoms with Crippen LogP contribution >= 0.6 is 11.8 Å². The first-order valence-corrected chi connectivity index (χ1v) is 8.38. The van der Waals surface area contributed by atoms with E-state index in [0.717, 1.165) is 0 Å². The highest BCUT2D eigenvalue weighted by molar-refractivity contribution is 7.98. The van der Waals surface area contributed by atoms with Crippen molar-refractivity contribution >= 4 is 44.1 Å². The fourth-order valence-corrected chi connectivity index (χ4v) is 3.56. The summed E-state index contributed by atoms with van der Waals surface area (Å²) in [6, 6.07) is 22.5. The molecule has 1 heteroatoms. The molecule has 0 nitrogen and oxygen atoms in total. The highest BCUT2D eigenvalue weighted by Crippen LogP contribution is 2.33. The van der Waals surface area contributed by atoms with Crippen LogP contribution in [0.1, 0.15) is 5.56 Å². The minimum atomic E-state index is 1.31. The van der Waals surface area contributed by atoms with Crippen molar-refractivity contribution in [1.82, 2.24) is 0 Å². The van der Waals surface area contributed by atoms with Crippen LogP contribution in [-0.2, 0) is 0 Å². The summed E-state index contributed by atoms with van der Waals surface area (Å²) in [6.45, 7) is 2.15. The van der Waals surface area contributed by atoms with Gasteiger partial charge in [-0.15, -0.1) is 11.8 Å². The Morgan fingerprint density at radius 2 is 1.19 bits per heavy atom. The van der Waals surface area contributed by atoms with Crippen molar-refractivity contribution in [2.24, 2.45) is 0 Å². The van der Waals surface area contributed by atoms with E-state index in [1.54, 1.807) is 11.8 Å². The summed E-state index contributed by atoms with van der Waals surface area (Å²) in [7, 11) is 0. The van der Waals surface area contributed by atoms with E-state index in [4.69, 9.17) is 0 Å². The van der Waals surface area contributed by atoms with E-state index < -0.39 is 0 Å². The molecule has 0 radical (unpaired) electrons. The van der Waals surface area contributed by atoms with Gasteiger partial charge in [0.25, 0.3) is 0 Å². The third kappa shape index (κ3) is 2.00. The van der Waals surface area contributed by atoms with Gasteiger partial charge in [0.05, 0.1) is 0 Å². The van der Waals surface area contributed by atoms with Crippen LogP contribution in [0, 0.1) is 6.92 Å². The Bertz CT molecular complexity index is 983. The van der Waals surface area contributed by atoms with Crippen molar-refractivity contribution in [3.63, 3.8) is 0 Å². The maximum Gasteiger partial charge on any atom is 0.00755 e. The summed E-state index contributed by atoms with van der Waals surface area (Å²) in [5.41, 5.74) is 1.31. The lowest BCUT2D eigenvalue weighted by atomic mass is 9.96. The summed E-state index contributed by atoms with van der Waals surface area (Å²) < 4.78 is 0. The maximum absolute atomic E-state index is 2.28. The molecule has 0 spiro atoms. The van der Waals surface area contributed by atoms with Crippen LogP contribution in [0.15, 0.2) is 65.6 Å². The van der Waals surface area contributed by atoms with Gasteiger partial charge in [-0.3, -0.25) is 0 Å². The normalized spacial score (nSPS) is 11.5. The Balaban J connectivity index is 2.14. The summed E-state index contributed by atoms with van der Waals surface area (Å²) in [5, 5.41) is 8.01. The number of thioether (sulfide) groups is 1. The molecule has 0 aliphatic carbocycles. The van der Waals surface area contributed by atoms with E-state index in [1.807, 2.05) is 0 Å². The standard InChI is InChI=1S/C20H16S/c1-13-3-7-17-14(11-13)4-8-20-18-10-6-16(21-2)12-15(18)5-9-19(17)20/h3-12H,1-2H3. The zero-order valence-electron chi connectivity index (χ0n) is 12.2. The van der Waals surface area contributed by atoms with E-state index in [0.29, 0.717) is 0 Å². The lowest BCUT2D eigenvalue weighted by Crippen LogP contribution is -1.82. The largest absolute Gasteiger partial charge is 0.130 e. The Hall–Kier alpha value is -1.99. The van der Waals surface area contributed by atoms with Crippen LogP contribution < -0.4 is 0 Å². The fraction of sp³-hybridized carbons (Fsp3) is 0.100. The number of rotatable bonds is 1. The molecule has 4 aromatic rings. The van der Waals surface area contributed by atoms with E-state index in [9.17, 15) is 0 Å². The molecule has 0 amide bonds. The minimum Gasteiger partial charge on any atom is -0.130 e. The molecule has 0 aromatic heterocycles. The maximum atomic E-state index is 2.28. The summed E-state index contributed by atoms with van der Waals surface area (Å²) in [4.78, 5) is 1.32. The molecule has 0 unspecified atom stereocenters. The number of hydrogen-bond donors (Lipinski definition) is 0. The molecule has 0 N–H and O–H groups in total. The number of aryl methyl sites for hydroxylation is 1. The van der Waals surface area contributed by atoms with E-state index in [-0.39, 0.29) is 0 Å². The van der Waals surface area contributed by atoms with E-state index in [1.165, 1.54) is 42.8 Å². The van der Waals surface area contributed by atoms with Crippen molar-refractivity contribution < 1.29 is 0 Å². The van der Waals surface area contributed by atoms with Crippen LogP contribution in [0.4, 0.5) is 0 Å². The van der Waals surface area contributed by atoms with Gasteiger partial charge in [0, 0.05) is 4.90 Å². The molecule has 21 heavy (non-hydrogen) atoms. The van der Waals surface area contributed by atoms with Gasteiger partial charge in [0.15, 0.2) is 0 Å². The van der Waals surface area contributed by atoms with Crippen molar-refractivity contribution in [3.05, 3.63) is 66.2 Å². The smallest absolute Gasteiger partial charge is 0.00755 e. The minimum absolute atomic E-state index is 1.31. The molecule has 0 saturated heterocycles. The Labute approximate surface area is 128 Å². The summed E-state index contributed by atoms with van der Waals surface area (Å²) in [5.74, 6) is 0. The van der Waals surface area contributed by atoms with Gasteiger partial charge in [-0.2, -0.15) is 0 Å². The molecule has 0 atom stereocenters. The molecular weight excluding hydrogens is 272 g/mol. The van der Waals surface area contributed by atoms with E-state index >= 15 is 0 Å². The molecule has 4 rings (SSSR count). The molecule has 0 aliphatic heterocycles. The Morgan fingerprint density at radius 3 is 1.86 bits per heavy atom. The van der Waals surface area contributed by atoms with Crippen molar-refractivity contribution in [2.45, 2.75) is 11.8 Å². The predicted octanol–water partition coefficient (Wildman–Crippen LogP) is 6.18. The van der Waals surface area contributed by atoms with Crippen LogP contribution in [-0.4, -0.2) is 6.26 Å². The second-order valence-electron chi connectivity index (χ2n) is 5.54. The lowest BCUT2D eigenvalue weighted by Gasteiger charge is -2.09. The summed E-state index contributed by atoms with van der Waals surface area (Å²) >= 11 is 1.79. The molecule has 0 saturated carbocycles. The van der Waals surface area contributed by atoms with Gasteiger partial charge in [0.1, 0.15) is 0 Å². The lowest BCUT2D eigenvalue weighted by molar-refractivity contribution is 1.51. The average Bonchev–Trinajstić information content (AvgIpc) is 2.53. The number of fused-ring (bicyclic) bond motifs is 5. The van der Waals surface area contributed by atoms with E-state index in [2.05, 4.69) is 73.8 Å². The van der Waals surface area contributed by atoms with Crippen LogP contribution in [0.25, 0.3) is 32.3 Å². The summed E-state index contributed by atoms with van der Waals surface area (Å²) in [6.07, 6.45) is 2.12. The first kappa shape index (κ1) is 12.7. The SMILES string of the molecule is CSc1ccc2c(ccc3c4ccc(C)cc4ccc23)c1. The molecule has 0 fully saturated rings. The first-order valence-electron chi connectivity index (χ1n) is 7.16. The number of hydrogen-bond acceptors (Lipinski definition) is 1. The zero-order valence-corrected chi connectivity index (χ0v) is 13.0. The molecule has 4 aromatic carbocycles. The van der Waals surface area contributed by atoms with Gasteiger partial charge in [-0.05, 0) is 57.6 Å². The monoisotopic (exact) mass is 288 g/mol.